The molecule has 2 aromatic heterocycles. The molecule has 1 aliphatic heterocycles. The summed E-state index contributed by atoms with van der Waals surface area (Å²) < 4.78 is 5.65. The Morgan fingerprint density at radius 1 is 1.19 bits per heavy atom. The number of carboxylic acid groups (broad SMARTS) is 1. The van der Waals surface area contributed by atoms with E-state index in [-0.39, 0.29) is 18.4 Å². The summed E-state index contributed by atoms with van der Waals surface area (Å²) in [5, 5.41) is 25.3. The highest BCUT2D eigenvalue weighted by molar-refractivity contribution is 5.78. The average Bonchev–Trinajstić information content (AvgIpc) is 3.58. The van der Waals surface area contributed by atoms with Crippen molar-refractivity contribution >= 4 is 11.8 Å². The van der Waals surface area contributed by atoms with E-state index in [1.165, 1.54) is 38.2 Å². The molecule has 0 amide bonds. The molecule has 1 aliphatic carbocycles. The highest BCUT2D eigenvalue weighted by Gasteiger charge is 2.29. The van der Waals surface area contributed by atoms with Gasteiger partial charge in [-0.25, -0.2) is 4.98 Å². The van der Waals surface area contributed by atoms with E-state index in [4.69, 9.17) is 4.74 Å². The van der Waals surface area contributed by atoms with E-state index in [0.29, 0.717) is 18.2 Å². The first kappa shape index (κ1) is 23.1. The number of anilines is 1. The molecule has 3 heterocycles. The molecule has 9 heteroatoms. The van der Waals surface area contributed by atoms with Gasteiger partial charge in [0.2, 0.25) is 5.82 Å². The number of pyridine rings is 1. The van der Waals surface area contributed by atoms with Gasteiger partial charge in [0.15, 0.2) is 0 Å². The molecule has 9 nitrogen and oxygen atoms in total. The van der Waals surface area contributed by atoms with Crippen LogP contribution in [-0.2, 0) is 18.3 Å². The van der Waals surface area contributed by atoms with Crippen LogP contribution < -0.4 is 10.1 Å². The number of nitrogens with zero attached hydrogens (tertiary/aromatic N) is 5. The van der Waals surface area contributed by atoms with Crippen molar-refractivity contribution in [2.24, 2.45) is 7.05 Å². The van der Waals surface area contributed by atoms with E-state index < -0.39 is 5.97 Å². The third-order valence-corrected chi connectivity index (χ3v) is 7.36. The summed E-state index contributed by atoms with van der Waals surface area (Å²) in [7, 11) is 1.77. The van der Waals surface area contributed by atoms with Crippen LogP contribution in [0, 0.1) is 13.8 Å². The molecule has 0 unspecified atom stereocenters. The minimum atomic E-state index is -0.823. The Morgan fingerprint density at radius 3 is 2.73 bits per heavy atom. The molecule has 0 saturated carbocycles. The third kappa shape index (κ3) is 4.20. The van der Waals surface area contributed by atoms with Gasteiger partial charge in [-0.05, 0) is 83.5 Å². The van der Waals surface area contributed by atoms with Crippen molar-refractivity contribution in [2.45, 2.75) is 45.1 Å². The van der Waals surface area contributed by atoms with Gasteiger partial charge in [0.1, 0.15) is 11.6 Å². The molecule has 0 spiro atoms. The predicted octanol–water partition coefficient (Wildman–Crippen LogP) is 4.61. The van der Waals surface area contributed by atoms with E-state index in [1.807, 2.05) is 6.07 Å². The summed E-state index contributed by atoms with van der Waals surface area (Å²) in [5.41, 5.74) is 9.36. The molecule has 0 bridgehead atoms. The van der Waals surface area contributed by atoms with E-state index in [0.717, 1.165) is 29.8 Å². The zero-order valence-electron chi connectivity index (χ0n) is 21.0. The van der Waals surface area contributed by atoms with Crippen molar-refractivity contribution in [2.75, 3.05) is 11.9 Å². The predicted molar refractivity (Wildman–Crippen MR) is 139 cm³/mol. The smallest absolute Gasteiger partial charge is 0.304 e. The first-order valence-electron chi connectivity index (χ1n) is 12.5. The van der Waals surface area contributed by atoms with Gasteiger partial charge in [0.05, 0.1) is 32.3 Å². The lowest BCUT2D eigenvalue weighted by molar-refractivity contribution is -0.137. The topological polar surface area (TPSA) is 115 Å². The van der Waals surface area contributed by atoms with E-state index in [2.05, 4.69) is 69.9 Å². The zero-order chi connectivity index (χ0) is 25.7. The number of aryl methyl sites for hydroxylation is 3. The molecule has 188 valence electrons. The second-order valence-corrected chi connectivity index (χ2v) is 9.91. The Hall–Kier alpha value is -4.27. The third-order valence-electron chi connectivity index (χ3n) is 7.36. The molecule has 6 rings (SSSR count). The maximum Gasteiger partial charge on any atom is 0.304 e. The maximum atomic E-state index is 11.3. The molecule has 4 aromatic rings. The number of rotatable bonds is 6. The molecule has 0 fully saturated rings. The number of aliphatic carboxylic acids is 1. The van der Waals surface area contributed by atoms with Crippen molar-refractivity contribution in [1.29, 1.82) is 0 Å². The minimum absolute atomic E-state index is 0.0521. The molecular formula is C28H28N6O3. The summed E-state index contributed by atoms with van der Waals surface area (Å²) in [6, 6.07) is 12.9. The second-order valence-electron chi connectivity index (χ2n) is 9.91. The lowest BCUT2D eigenvalue weighted by atomic mass is 9.89. The molecule has 2 atom stereocenters. The van der Waals surface area contributed by atoms with Crippen LogP contribution in [0.4, 0.5) is 5.82 Å². The number of ether oxygens (including phenoxy) is 1. The van der Waals surface area contributed by atoms with Gasteiger partial charge in [-0.1, -0.05) is 18.2 Å². The Bertz CT molecular complexity index is 1510. The highest BCUT2D eigenvalue weighted by Crippen LogP contribution is 2.43. The normalized spacial score (nSPS) is 17.8. The van der Waals surface area contributed by atoms with Gasteiger partial charge in [-0.15, -0.1) is 10.2 Å². The van der Waals surface area contributed by atoms with Gasteiger partial charge in [0, 0.05) is 17.0 Å². The number of aromatic nitrogens is 5. The molecule has 2 aliphatic rings. The fourth-order valence-corrected chi connectivity index (χ4v) is 5.77. The lowest BCUT2D eigenvalue weighted by Gasteiger charge is -2.18. The summed E-state index contributed by atoms with van der Waals surface area (Å²) in [6.45, 7) is 4.65. The van der Waals surface area contributed by atoms with Crippen LogP contribution in [0.5, 0.6) is 5.75 Å². The average molecular weight is 497 g/mol. The Morgan fingerprint density at radius 2 is 2.00 bits per heavy atom. The maximum absolute atomic E-state index is 11.3. The van der Waals surface area contributed by atoms with Crippen molar-refractivity contribution in [3.8, 4) is 28.3 Å². The summed E-state index contributed by atoms with van der Waals surface area (Å²) in [4.78, 5) is 17.3. The summed E-state index contributed by atoms with van der Waals surface area (Å²) in [5.74, 6) is 1.08. The minimum Gasteiger partial charge on any atom is -0.491 e. The van der Waals surface area contributed by atoms with Crippen molar-refractivity contribution in [1.82, 2.24) is 25.2 Å². The van der Waals surface area contributed by atoms with Crippen LogP contribution >= 0.6 is 0 Å². The number of fused-ring (bicyclic) bond motifs is 2. The second kappa shape index (κ2) is 8.99. The fraction of sp³-hybridized carbons (Fsp3) is 0.321. The number of tetrazole rings is 1. The van der Waals surface area contributed by atoms with Crippen LogP contribution in [0.25, 0.3) is 22.5 Å². The van der Waals surface area contributed by atoms with Crippen LogP contribution in [-0.4, -0.2) is 42.9 Å². The van der Waals surface area contributed by atoms with Crippen molar-refractivity contribution < 1.29 is 14.6 Å². The molecular weight excluding hydrogens is 468 g/mol. The van der Waals surface area contributed by atoms with Crippen LogP contribution in [0.1, 0.15) is 52.6 Å². The largest absolute Gasteiger partial charge is 0.491 e. The highest BCUT2D eigenvalue weighted by atomic mass is 16.5. The standard InChI is InChI=1S/C28H28N6O3/c1-15-9-17(28-31-33-34(3)32-28)10-16(2)27(15)21-6-4-5-20-19(21)7-8-23(20)30-25-12-22-18(11-26(35)36)14-37-24(22)13-29-25/h4-6,9-10,12-13,18,23H,7-8,11,14H2,1-3H3,(H,29,30)(H,35,36)/t18-,23-/m1/s1. The number of benzene rings is 2. The van der Waals surface area contributed by atoms with Gasteiger partial charge < -0.3 is 15.2 Å². The molecule has 0 saturated heterocycles. The number of carbonyl (C=O) groups is 1. The lowest BCUT2D eigenvalue weighted by Crippen LogP contribution is -2.10. The number of carboxylic acids is 1. The number of hydrogen-bond acceptors (Lipinski definition) is 7. The van der Waals surface area contributed by atoms with E-state index >= 15 is 0 Å². The Kier molecular flexibility index (Phi) is 5.62. The van der Waals surface area contributed by atoms with Crippen molar-refractivity contribution in [3.05, 3.63) is 70.4 Å². The first-order valence-corrected chi connectivity index (χ1v) is 12.5. The van der Waals surface area contributed by atoms with Gasteiger partial charge in [0.25, 0.3) is 0 Å². The fourth-order valence-electron chi connectivity index (χ4n) is 5.77. The monoisotopic (exact) mass is 496 g/mol. The van der Waals surface area contributed by atoms with Gasteiger partial charge in [-0.3, -0.25) is 4.79 Å². The zero-order valence-corrected chi connectivity index (χ0v) is 21.0. The Labute approximate surface area is 214 Å². The molecule has 37 heavy (non-hydrogen) atoms. The van der Waals surface area contributed by atoms with Gasteiger partial charge >= 0.3 is 5.97 Å². The van der Waals surface area contributed by atoms with Crippen LogP contribution in [0.15, 0.2) is 42.6 Å². The van der Waals surface area contributed by atoms with Crippen LogP contribution in [0.3, 0.4) is 0 Å². The van der Waals surface area contributed by atoms with Crippen molar-refractivity contribution in [3.63, 3.8) is 0 Å². The van der Waals surface area contributed by atoms with Gasteiger partial charge in [-0.2, -0.15) is 4.80 Å². The molecule has 2 aromatic carbocycles. The number of nitrogens with one attached hydrogen (secondary N) is 1. The first-order chi connectivity index (χ1) is 17.9. The quantitative estimate of drug-likeness (QED) is 0.398. The molecule has 2 N–H and O–H groups in total. The van der Waals surface area contributed by atoms with E-state index in [1.54, 1.807) is 13.2 Å². The number of hydrogen-bond donors (Lipinski definition) is 2. The SMILES string of the molecule is Cc1cc(-c2nnn(C)n2)cc(C)c1-c1cccc2c1CC[C@H]2Nc1cc2c(cn1)OC[C@H]2CC(=O)O. The van der Waals surface area contributed by atoms with E-state index in [9.17, 15) is 9.90 Å². The van der Waals surface area contributed by atoms with Crippen LogP contribution in [0.2, 0.25) is 0 Å². The molecule has 0 radical (unpaired) electrons. The summed E-state index contributed by atoms with van der Waals surface area (Å²) in [6.07, 6.45) is 3.67. The Balaban J connectivity index is 1.30. The summed E-state index contributed by atoms with van der Waals surface area (Å²) >= 11 is 0.